The highest BCUT2D eigenvalue weighted by Gasteiger charge is 2.17. The molecule has 0 spiro atoms. The minimum atomic E-state index is 0.0260. The van der Waals surface area contributed by atoms with Gasteiger partial charge in [0.1, 0.15) is 12.4 Å². The molecule has 1 saturated carbocycles. The SMILES string of the molecule is Cc1cc(N)nn1CC(=O)NC1CCCC1. The zero-order valence-electron chi connectivity index (χ0n) is 9.57. The quantitative estimate of drug-likeness (QED) is 0.795. The summed E-state index contributed by atoms with van der Waals surface area (Å²) in [7, 11) is 0. The average molecular weight is 222 g/mol. The minimum Gasteiger partial charge on any atom is -0.382 e. The molecule has 88 valence electrons. The Morgan fingerprint density at radius 1 is 1.62 bits per heavy atom. The van der Waals surface area contributed by atoms with Gasteiger partial charge in [-0.05, 0) is 19.8 Å². The van der Waals surface area contributed by atoms with Gasteiger partial charge >= 0.3 is 0 Å². The van der Waals surface area contributed by atoms with Crippen LogP contribution in [-0.2, 0) is 11.3 Å². The second-order valence-corrected chi connectivity index (χ2v) is 4.42. The zero-order chi connectivity index (χ0) is 11.5. The van der Waals surface area contributed by atoms with E-state index >= 15 is 0 Å². The van der Waals surface area contributed by atoms with Gasteiger partial charge in [0.15, 0.2) is 0 Å². The summed E-state index contributed by atoms with van der Waals surface area (Å²) in [5.41, 5.74) is 6.47. The second kappa shape index (κ2) is 4.55. The summed E-state index contributed by atoms with van der Waals surface area (Å²) in [5, 5.41) is 7.08. The van der Waals surface area contributed by atoms with E-state index < -0.39 is 0 Å². The van der Waals surface area contributed by atoms with Crippen LogP contribution >= 0.6 is 0 Å². The normalized spacial score (nSPS) is 16.6. The Morgan fingerprint density at radius 2 is 2.31 bits per heavy atom. The first kappa shape index (κ1) is 11.0. The lowest BCUT2D eigenvalue weighted by molar-refractivity contribution is -0.122. The zero-order valence-corrected chi connectivity index (χ0v) is 9.57. The maximum Gasteiger partial charge on any atom is 0.241 e. The standard InChI is InChI=1S/C11H18N4O/c1-8-6-10(12)14-15(8)7-11(16)13-9-4-2-3-5-9/h6,9H,2-5,7H2,1H3,(H2,12,14)(H,13,16). The molecule has 0 bridgehead atoms. The van der Waals surface area contributed by atoms with Gasteiger partial charge in [-0.25, -0.2) is 0 Å². The Balaban J connectivity index is 1.89. The Bertz CT molecular complexity index is 379. The van der Waals surface area contributed by atoms with Crippen molar-refractivity contribution in [3.8, 4) is 0 Å². The van der Waals surface area contributed by atoms with Crippen LogP contribution < -0.4 is 11.1 Å². The van der Waals surface area contributed by atoms with Crippen molar-refractivity contribution in [1.29, 1.82) is 0 Å². The third-order valence-corrected chi connectivity index (χ3v) is 3.01. The molecule has 5 heteroatoms. The van der Waals surface area contributed by atoms with E-state index in [2.05, 4.69) is 10.4 Å². The summed E-state index contributed by atoms with van der Waals surface area (Å²) in [6.07, 6.45) is 4.65. The van der Waals surface area contributed by atoms with Crippen molar-refractivity contribution < 1.29 is 4.79 Å². The van der Waals surface area contributed by atoms with E-state index in [1.165, 1.54) is 12.8 Å². The summed E-state index contributed by atoms with van der Waals surface area (Å²) < 4.78 is 1.64. The summed E-state index contributed by atoms with van der Waals surface area (Å²) in [5.74, 6) is 0.490. The number of nitrogens with zero attached hydrogens (tertiary/aromatic N) is 2. The summed E-state index contributed by atoms with van der Waals surface area (Å²) in [6, 6.07) is 2.13. The fraction of sp³-hybridized carbons (Fsp3) is 0.636. The summed E-state index contributed by atoms with van der Waals surface area (Å²) in [4.78, 5) is 11.7. The average Bonchev–Trinajstić information content (AvgIpc) is 2.78. The Hall–Kier alpha value is -1.52. The predicted molar refractivity (Wildman–Crippen MR) is 61.8 cm³/mol. The van der Waals surface area contributed by atoms with Crippen LogP contribution in [0.2, 0.25) is 0 Å². The molecule has 1 amide bonds. The number of nitrogens with two attached hydrogens (primary N) is 1. The van der Waals surface area contributed by atoms with Crippen molar-refractivity contribution in [3.05, 3.63) is 11.8 Å². The first-order chi connectivity index (χ1) is 7.65. The van der Waals surface area contributed by atoms with Crippen LogP contribution in [0.5, 0.6) is 0 Å². The van der Waals surface area contributed by atoms with Gasteiger partial charge in [-0.1, -0.05) is 12.8 Å². The predicted octanol–water partition coefficient (Wildman–Crippen LogP) is 0.833. The third-order valence-electron chi connectivity index (χ3n) is 3.01. The fourth-order valence-electron chi connectivity index (χ4n) is 2.18. The van der Waals surface area contributed by atoms with Crippen molar-refractivity contribution in [2.45, 2.75) is 45.2 Å². The van der Waals surface area contributed by atoms with Gasteiger partial charge in [0.2, 0.25) is 5.91 Å². The Kier molecular flexibility index (Phi) is 3.12. The smallest absolute Gasteiger partial charge is 0.241 e. The van der Waals surface area contributed by atoms with Gasteiger partial charge in [0.25, 0.3) is 0 Å². The van der Waals surface area contributed by atoms with Gasteiger partial charge in [-0.15, -0.1) is 0 Å². The van der Waals surface area contributed by atoms with Gasteiger partial charge in [0, 0.05) is 17.8 Å². The van der Waals surface area contributed by atoms with Crippen molar-refractivity contribution in [3.63, 3.8) is 0 Å². The highest BCUT2D eigenvalue weighted by Crippen LogP contribution is 2.17. The monoisotopic (exact) mass is 222 g/mol. The number of carbonyl (C=O) groups excluding carboxylic acids is 1. The number of anilines is 1. The number of rotatable bonds is 3. The van der Waals surface area contributed by atoms with E-state index in [9.17, 15) is 4.79 Å². The van der Waals surface area contributed by atoms with Crippen LogP contribution in [0.15, 0.2) is 6.07 Å². The highest BCUT2D eigenvalue weighted by atomic mass is 16.2. The largest absolute Gasteiger partial charge is 0.382 e. The molecule has 1 aliphatic carbocycles. The van der Waals surface area contributed by atoms with Gasteiger partial charge in [0.05, 0.1) is 0 Å². The van der Waals surface area contributed by atoms with Crippen LogP contribution in [0.1, 0.15) is 31.4 Å². The van der Waals surface area contributed by atoms with Crippen molar-refractivity contribution in [2.75, 3.05) is 5.73 Å². The van der Waals surface area contributed by atoms with E-state index in [4.69, 9.17) is 5.73 Å². The van der Waals surface area contributed by atoms with Gasteiger partial charge in [-0.3, -0.25) is 9.48 Å². The first-order valence-corrected chi connectivity index (χ1v) is 5.74. The summed E-state index contributed by atoms with van der Waals surface area (Å²) >= 11 is 0. The molecule has 0 aliphatic heterocycles. The van der Waals surface area contributed by atoms with E-state index in [1.54, 1.807) is 10.7 Å². The lowest BCUT2D eigenvalue weighted by Gasteiger charge is -2.12. The molecule has 1 fully saturated rings. The molecule has 0 radical (unpaired) electrons. The maximum absolute atomic E-state index is 11.7. The molecule has 1 aliphatic rings. The topological polar surface area (TPSA) is 72.9 Å². The van der Waals surface area contributed by atoms with Crippen LogP contribution in [0.3, 0.4) is 0 Å². The Morgan fingerprint density at radius 3 is 2.88 bits per heavy atom. The lowest BCUT2D eigenvalue weighted by atomic mass is 10.2. The summed E-state index contributed by atoms with van der Waals surface area (Å²) in [6.45, 7) is 2.16. The molecule has 0 saturated heterocycles. The first-order valence-electron chi connectivity index (χ1n) is 5.74. The number of carbonyl (C=O) groups is 1. The number of aryl methyl sites for hydroxylation is 1. The van der Waals surface area contributed by atoms with Crippen molar-refractivity contribution in [1.82, 2.24) is 15.1 Å². The highest BCUT2D eigenvalue weighted by molar-refractivity contribution is 5.76. The molecule has 0 unspecified atom stereocenters. The molecule has 0 aromatic carbocycles. The van der Waals surface area contributed by atoms with Crippen LogP contribution in [0, 0.1) is 6.92 Å². The molecular formula is C11H18N4O. The fourth-order valence-corrected chi connectivity index (χ4v) is 2.18. The lowest BCUT2D eigenvalue weighted by Crippen LogP contribution is -2.35. The minimum absolute atomic E-state index is 0.0260. The molecular weight excluding hydrogens is 204 g/mol. The Labute approximate surface area is 95.0 Å². The number of aromatic nitrogens is 2. The van der Waals surface area contributed by atoms with E-state index in [1.807, 2.05) is 6.92 Å². The molecule has 1 aromatic rings. The molecule has 1 aromatic heterocycles. The van der Waals surface area contributed by atoms with E-state index in [-0.39, 0.29) is 12.5 Å². The van der Waals surface area contributed by atoms with Gasteiger partial charge < -0.3 is 11.1 Å². The van der Waals surface area contributed by atoms with Crippen molar-refractivity contribution >= 4 is 11.7 Å². The molecule has 5 nitrogen and oxygen atoms in total. The number of nitrogens with one attached hydrogen (secondary N) is 1. The molecule has 1 heterocycles. The number of amides is 1. The van der Waals surface area contributed by atoms with E-state index in [0.717, 1.165) is 18.5 Å². The van der Waals surface area contributed by atoms with Crippen molar-refractivity contribution in [2.24, 2.45) is 0 Å². The molecule has 0 atom stereocenters. The number of nitrogen functional groups attached to an aromatic ring is 1. The molecule has 16 heavy (non-hydrogen) atoms. The number of hydrogen-bond donors (Lipinski definition) is 2. The van der Waals surface area contributed by atoms with Gasteiger partial charge in [-0.2, -0.15) is 5.10 Å². The van der Waals surface area contributed by atoms with Crippen LogP contribution in [-0.4, -0.2) is 21.7 Å². The molecule has 3 N–H and O–H groups in total. The van der Waals surface area contributed by atoms with Crippen LogP contribution in [0.25, 0.3) is 0 Å². The van der Waals surface area contributed by atoms with Crippen LogP contribution in [0.4, 0.5) is 5.82 Å². The third kappa shape index (κ3) is 2.53. The molecule has 2 rings (SSSR count). The second-order valence-electron chi connectivity index (χ2n) is 4.42. The maximum atomic E-state index is 11.7. The van der Waals surface area contributed by atoms with E-state index in [0.29, 0.717) is 11.9 Å². The number of hydrogen-bond acceptors (Lipinski definition) is 3.